The van der Waals surface area contributed by atoms with Gasteiger partial charge in [0.25, 0.3) is 0 Å². The van der Waals surface area contributed by atoms with E-state index in [-0.39, 0.29) is 12.5 Å². The predicted octanol–water partition coefficient (Wildman–Crippen LogP) is 3.16. The average molecular weight is 339 g/mol. The lowest BCUT2D eigenvalue weighted by atomic mass is 9.97. The Morgan fingerprint density at radius 3 is 2.60 bits per heavy atom. The normalized spacial score (nSPS) is 13.8. The fourth-order valence-electron chi connectivity index (χ4n) is 3.04. The summed E-state index contributed by atoms with van der Waals surface area (Å²) >= 11 is 0. The number of anilines is 2. The molecule has 3 rings (SSSR count). The van der Waals surface area contributed by atoms with E-state index >= 15 is 0 Å². The van der Waals surface area contributed by atoms with Gasteiger partial charge in [-0.1, -0.05) is 30.3 Å². The molecule has 0 bridgehead atoms. The predicted molar refractivity (Wildman–Crippen MR) is 96.8 cm³/mol. The Kier molecular flexibility index (Phi) is 5.30. The highest BCUT2D eigenvalue weighted by Crippen LogP contribution is 2.26. The fraction of sp³-hybridized carbons (Fsp3) is 0.263. The first-order valence-electron chi connectivity index (χ1n) is 8.30. The number of carbonyl (C=O) groups excluding carboxylic acids is 1. The van der Waals surface area contributed by atoms with Crippen molar-refractivity contribution in [2.45, 2.75) is 19.4 Å². The maximum Gasteiger partial charge on any atom is 0.323 e. The van der Waals surface area contributed by atoms with Gasteiger partial charge in [0.05, 0.1) is 6.42 Å². The van der Waals surface area contributed by atoms with Crippen molar-refractivity contribution in [2.24, 2.45) is 0 Å². The molecule has 0 unspecified atom stereocenters. The van der Waals surface area contributed by atoms with Crippen molar-refractivity contribution < 1.29 is 14.7 Å². The van der Waals surface area contributed by atoms with Gasteiger partial charge in [0.15, 0.2) is 0 Å². The lowest BCUT2D eigenvalue weighted by Gasteiger charge is -2.29. The summed E-state index contributed by atoms with van der Waals surface area (Å²) < 4.78 is 0. The van der Waals surface area contributed by atoms with Crippen molar-refractivity contribution in [1.82, 2.24) is 4.90 Å². The largest absolute Gasteiger partial charge is 0.481 e. The first kappa shape index (κ1) is 17.0. The summed E-state index contributed by atoms with van der Waals surface area (Å²) in [6, 6.07) is 14.9. The second-order valence-corrected chi connectivity index (χ2v) is 6.06. The fourth-order valence-corrected chi connectivity index (χ4v) is 3.04. The average Bonchev–Trinajstić information content (AvgIpc) is 2.61. The lowest BCUT2D eigenvalue weighted by Crippen LogP contribution is -2.33. The zero-order valence-corrected chi connectivity index (χ0v) is 13.9. The van der Waals surface area contributed by atoms with Gasteiger partial charge in [0.1, 0.15) is 0 Å². The van der Waals surface area contributed by atoms with Gasteiger partial charge >= 0.3 is 12.0 Å². The molecule has 0 saturated heterocycles. The standard InChI is InChI=1S/C19H21N3O3/c23-18(24)10-12-22-11-9-16-14(13-22)5-4-8-17(16)21-19(25)20-15-6-2-1-3-7-15/h1-8H,9-13H2,(H,23,24)(H2,20,21,25). The third-order valence-electron chi connectivity index (χ3n) is 4.27. The van der Waals surface area contributed by atoms with Crippen LogP contribution in [0.4, 0.5) is 16.2 Å². The van der Waals surface area contributed by atoms with Crippen LogP contribution >= 0.6 is 0 Å². The van der Waals surface area contributed by atoms with Crippen LogP contribution in [0.1, 0.15) is 17.5 Å². The van der Waals surface area contributed by atoms with Gasteiger partial charge in [-0.05, 0) is 35.7 Å². The van der Waals surface area contributed by atoms with Crippen molar-refractivity contribution in [3.05, 3.63) is 59.7 Å². The molecule has 0 atom stereocenters. The Hall–Kier alpha value is -2.86. The number of para-hydroxylation sites is 1. The first-order valence-corrected chi connectivity index (χ1v) is 8.30. The molecule has 1 heterocycles. The Labute approximate surface area is 146 Å². The topological polar surface area (TPSA) is 81.7 Å². The molecule has 6 heteroatoms. The summed E-state index contributed by atoms with van der Waals surface area (Å²) in [4.78, 5) is 25.1. The number of benzene rings is 2. The van der Waals surface area contributed by atoms with Crippen molar-refractivity contribution in [1.29, 1.82) is 0 Å². The number of nitrogens with zero attached hydrogens (tertiary/aromatic N) is 1. The van der Waals surface area contributed by atoms with Gasteiger partial charge in [-0.25, -0.2) is 4.79 Å². The number of hydrogen-bond donors (Lipinski definition) is 3. The van der Waals surface area contributed by atoms with E-state index in [1.54, 1.807) is 0 Å². The van der Waals surface area contributed by atoms with Gasteiger partial charge in [-0.2, -0.15) is 0 Å². The molecule has 3 N–H and O–H groups in total. The molecule has 2 amide bonds. The molecule has 0 aromatic heterocycles. The van der Waals surface area contributed by atoms with Crippen molar-refractivity contribution in [3.63, 3.8) is 0 Å². The highest BCUT2D eigenvalue weighted by molar-refractivity contribution is 6.00. The minimum absolute atomic E-state index is 0.146. The molecule has 0 fully saturated rings. The Bertz CT molecular complexity index is 762. The molecule has 0 radical (unpaired) electrons. The number of fused-ring (bicyclic) bond motifs is 1. The number of hydrogen-bond acceptors (Lipinski definition) is 3. The highest BCUT2D eigenvalue weighted by Gasteiger charge is 2.19. The number of carboxylic acids is 1. The van der Waals surface area contributed by atoms with Crippen LogP contribution in [0.15, 0.2) is 48.5 Å². The van der Waals surface area contributed by atoms with Gasteiger partial charge in [-0.15, -0.1) is 0 Å². The van der Waals surface area contributed by atoms with E-state index in [2.05, 4.69) is 15.5 Å². The summed E-state index contributed by atoms with van der Waals surface area (Å²) in [5.74, 6) is -0.779. The zero-order valence-electron chi connectivity index (χ0n) is 13.9. The van der Waals surface area contributed by atoms with Crippen LogP contribution in [-0.2, 0) is 17.8 Å². The molecule has 6 nitrogen and oxygen atoms in total. The van der Waals surface area contributed by atoms with Crippen LogP contribution in [0.3, 0.4) is 0 Å². The van der Waals surface area contributed by atoms with Crippen LogP contribution in [0.25, 0.3) is 0 Å². The maximum absolute atomic E-state index is 12.2. The van der Waals surface area contributed by atoms with E-state index in [1.807, 2.05) is 48.5 Å². The van der Waals surface area contributed by atoms with Crippen LogP contribution in [0.2, 0.25) is 0 Å². The number of urea groups is 1. The number of aliphatic carboxylic acids is 1. The minimum Gasteiger partial charge on any atom is -0.481 e. The number of rotatable bonds is 5. The van der Waals surface area contributed by atoms with Crippen LogP contribution in [-0.4, -0.2) is 35.1 Å². The maximum atomic E-state index is 12.2. The number of nitrogens with one attached hydrogen (secondary N) is 2. The van der Waals surface area contributed by atoms with E-state index in [9.17, 15) is 9.59 Å². The van der Waals surface area contributed by atoms with Gasteiger partial charge in [0.2, 0.25) is 0 Å². The summed E-state index contributed by atoms with van der Waals surface area (Å²) in [5, 5.41) is 14.6. The molecule has 130 valence electrons. The summed E-state index contributed by atoms with van der Waals surface area (Å²) in [6.45, 7) is 2.04. The smallest absolute Gasteiger partial charge is 0.323 e. The first-order chi connectivity index (χ1) is 12.1. The lowest BCUT2D eigenvalue weighted by molar-refractivity contribution is -0.137. The molecular weight excluding hydrogens is 318 g/mol. The van der Waals surface area contributed by atoms with Gasteiger partial charge in [-0.3, -0.25) is 9.69 Å². The Morgan fingerprint density at radius 2 is 1.84 bits per heavy atom. The monoisotopic (exact) mass is 339 g/mol. The van der Waals surface area contributed by atoms with Crippen LogP contribution in [0.5, 0.6) is 0 Å². The quantitative estimate of drug-likeness (QED) is 0.781. The van der Waals surface area contributed by atoms with Crippen molar-refractivity contribution in [2.75, 3.05) is 23.7 Å². The summed E-state index contributed by atoms with van der Waals surface area (Å²) in [6.07, 6.45) is 0.934. The molecule has 25 heavy (non-hydrogen) atoms. The van der Waals surface area contributed by atoms with E-state index < -0.39 is 5.97 Å². The highest BCUT2D eigenvalue weighted by atomic mass is 16.4. The Balaban J connectivity index is 1.65. The molecular formula is C19H21N3O3. The van der Waals surface area contributed by atoms with E-state index in [1.165, 1.54) is 0 Å². The number of carbonyl (C=O) groups is 2. The van der Waals surface area contributed by atoms with E-state index in [0.717, 1.165) is 35.5 Å². The summed E-state index contributed by atoms with van der Waals surface area (Å²) in [5.41, 5.74) is 3.81. The molecule has 2 aromatic rings. The van der Waals surface area contributed by atoms with E-state index in [0.29, 0.717) is 13.1 Å². The van der Waals surface area contributed by atoms with Crippen LogP contribution < -0.4 is 10.6 Å². The van der Waals surface area contributed by atoms with E-state index in [4.69, 9.17) is 5.11 Å². The minimum atomic E-state index is -0.779. The Morgan fingerprint density at radius 1 is 1.04 bits per heavy atom. The molecule has 1 aliphatic rings. The van der Waals surface area contributed by atoms with Crippen molar-refractivity contribution >= 4 is 23.4 Å². The molecule has 0 aliphatic carbocycles. The zero-order chi connectivity index (χ0) is 17.6. The molecule has 1 aliphatic heterocycles. The molecule has 2 aromatic carbocycles. The molecule has 0 saturated carbocycles. The van der Waals surface area contributed by atoms with Crippen molar-refractivity contribution in [3.8, 4) is 0 Å². The van der Waals surface area contributed by atoms with Gasteiger partial charge in [0, 0.05) is 31.0 Å². The number of carboxylic acid groups (broad SMARTS) is 1. The third-order valence-corrected chi connectivity index (χ3v) is 4.27. The third kappa shape index (κ3) is 4.58. The number of amides is 2. The summed E-state index contributed by atoms with van der Waals surface area (Å²) in [7, 11) is 0. The SMILES string of the molecule is O=C(O)CCN1CCc2c(cccc2NC(=O)Nc2ccccc2)C1. The molecule has 0 spiro atoms. The van der Waals surface area contributed by atoms with Crippen LogP contribution in [0, 0.1) is 0 Å². The second-order valence-electron chi connectivity index (χ2n) is 6.06. The second kappa shape index (κ2) is 7.81. The van der Waals surface area contributed by atoms with Gasteiger partial charge < -0.3 is 15.7 Å².